The molecule has 2 fully saturated rings. The minimum absolute atomic E-state index is 0.0287. The van der Waals surface area contributed by atoms with Crippen molar-refractivity contribution in [3.63, 3.8) is 0 Å². The summed E-state index contributed by atoms with van der Waals surface area (Å²) in [5.41, 5.74) is -0.407. The summed E-state index contributed by atoms with van der Waals surface area (Å²) in [7, 11) is 0. The molecule has 1 aliphatic carbocycles. The first kappa shape index (κ1) is 16.7. The van der Waals surface area contributed by atoms with Crippen LogP contribution in [0.5, 0.6) is 0 Å². The van der Waals surface area contributed by atoms with Gasteiger partial charge in [0.2, 0.25) is 0 Å². The van der Waals surface area contributed by atoms with E-state index < -0.39 is 5.54 Å². The van der Waals surface area contributed by atoms with Crippen molar-refractivity contribution in [2.24, 2.45) is 0 Å². The Morgan fingerprint density at radius 3 is 2.65 bits per heavy atom. The SMILES string of the molecule is O=C(NCC(c1cccs1)N1CCCC1)NC1(CO)CCCC1. The van der Waals surface area contributed by atoms with Crippen LogP contribution in [-0.4, -0.2) is 47.8 Å². The lowest BCUT2D eigenvalue weighted by atomic mass is 9.99. The second kappa shape index (κ2) is 7.64. The van der Waals surface area contributed by atoms with Gasteiger partial charge in [-0.3, -0.25) is 4.90 Å². The number of hydrogen-bond acceptors (Lipinski definition) is 4. The lowest BCUT2D eigenvalue weighted by molar-refractivity contribution is 0.161. The molecular formula is C17H27N3O2S. The largest absolute Gasteiger partial charge is 0.394 e. The molecule has 1 atom stereocenters. The van der Waals surface area contributed by atoms with Gasteiger partial charge < -0.3 is 15.7 Å². The number of amides is 2. The molecule has 128 valence electrons. The maximum absolute atomic E-state index is 12.3. The fraction of sp³-hybridized carbons (Fsp3) is 0.706. The van der Waals surface area contributed by atoms with E-state index in [0.717, 1.165) is 38.8 Å². The summed E-state index contributed by atoms with van der Waals surface area (Å²) in [6.45, 7) is 2.85. The van der Waals surface area contributed by atoms with Gasteiger partial charge in [-0.05, 0) is 50.2 Å². The second-order valence-corrected chi connectivity index (χ2v) is 7.73. The Hall–Kier alpha value is -1.11. The highest BCUT2D eigenvalue weighted by Crippen LogP contribution is 2.30. The van der Waals surface area contributed by atoms with Crippen molar-refractivity contribution in [3.8, 4) is 0 Å². The standard InChI is InChI=1S/C17H27N3O2S/c21-13-17(7-1-2-8-17)19-16(22)18-12-14(15-6-5-11-23-15)20-9-3-4-10-20/h5-6,11,14,21H,1-4,7-10,12-13H2,(H2,18,19,22). The summed E-state index contributed by atoms with van der Waals surface area (Å²) in [4.78, 5) is 16.1. The molecule has 0 radical (unpaired) electrons. The maximum atomic E-state index is 12.3. The first-order valence-electron chi connectivity index (χ1n) is 8.67. The third-order valence-corrected chi connectivity index (χ3v) is 6.12. The number of carbonyl (C=O) groups is 1. The van der Waals surface area contributed by atoms with Gasteiger partial charge in [0.05, 0.1) is 18.2 Å². The van der Waals surface area contributed by atoms with Crippen molar-refractivity contribution in [1.29, 1.82) is 0 Å². The van der Waals surface area contributed by atoms with Gasteiger partial charge in [0.15, 0.2) is 0 Å². The molecule has 5 nitrogen and oxygen atoms in total. The quantitative estimate of drug-likeness (QED) is 0.747. The number of aliphatic hydroxyl groups excluding tert-OH is 1. The maximum Gasteiger partial charge on any atom is 0.315 e. The molecule has 1 aromatic rings. The number of hydrogen-bond donors (Lipinski definition) is 3. The predicted octanol–water partition coefficient (Wildman–Crippen LogP) is 2.49. The van der Waals surface area contributed by atoms with Crippen LogP contribution in [0.2, 0.25) is 0 Å². The number of rotatable bonds is 6. The molecule has 0 aromatic carbocycles. The zero-order valence-corrected chi connectivity index (χ0v) is 14.4. The Labute approximate surface area is 142 Å². The van der Waals surface area contributed by atoms with Gasteiger partial charge in [-0.15, -0.1) is 11.3 Å². The first-order chi connectivity index (χ1) is 11.2. The van der Waals surface area contributed by atoms with Crippen LogP contribution in [0.1, 0.15) is 49.4 Å². The number of nitrogens with zero attached hydrogens (tertiary/aromatic N) is 1. The first-order valence-corrected chi connectivity index (χ1v) is 9.55. The van der Waals surface area contributed by atoms with E-state index >= 15 is 0 Å². The molecule has 23 heavy (non-hydrogen) atoms. The summed E-state index contributed by atoms with van der Waals surface area (Å²) in [6.07, 6.45) is 6.37. The number of nitrogens with one attached hydrogen (secondary N) is 2. The summed E-state index contributed by atoms with van der Waals surface area (Å²) < 4.78 is 0. The lowest BCUT2D eigenvalue weighted by Gasteiger charge is -2.30. The number of thiophene rings is 1. The van der Waals surface area contributed by atoms with E-state index in [4.69, 9.17) is 0 Å². The molecule has 0 bridgehead atoms. The van der Waals surface area contributed by atoms with Crippen molar-refractivity contribution in [3.05, 3.63) is 22.4 Å². The highest BCUT2D eigenvalue weighted by molar-refractivity contribution is 7.10. The smallest absolute Gasteiger partial charge is 0.315 e. The molecule has 2 heterocycles. The van der Waals surface area contributed by atoms with E-state index in [1.54, 1.807) is 11.3 Å². The molecule has 1 unspecified atom stereocenters. The van der Waals surface area contributed by atoms with E-state index in [-0.39, 0.29) is 18.7 Å². The Balaban J connectivity index is 1.56. The van der Waals surface area contributed by atoms with Crippen molar-refractivity contribution in [2.45, 2.75) is 50.1 Å². The fourth-order valence-electron chi connectivity index (χ4n) is 3.79. The summed E-state index contributed by atoms with van der Waals surface area (Å²) in [5, 5.41) is 17.8. The van der Waals surface area contributed by atoms with Crippen molar-refractivity contribution in [2.75, 3.05) is 26.2 Å². The van der Waals surface area contributed by atoms with E-state index in [1.807, 2.05) is 0 Å². The van der Waals surface area contributed by atoms with Crippen molar-refractivity contribution >= 4 is 17.4 Å². The highest BCUT2D eigenvalue weighted by atomic mass is 32.1. The minimum Gasteiger partial charge on any atom is -0.394 e. The van der Waals surface area contributed by atoms with Crippen LogP contribution in [0.25, 0.3) is 0 Å². The zero-order valence-electron chi connectivity index (χ0n) is 13.6. The molecule has 1 saturated heterocycles. The third kappa shape index (κ3) is 4.05. The molecule has 1 aliphatic heterocycles. The van der Waals surface area contributed by atoms with E-state index in [2.05, 4.69) is 33.0 Å². The molecule has 0 spiro atoms. The van der Waals surface area contributed by atoms with Gasteiger partial charge >= 0.3 is 6.03 Å². The summed E-state index contributed by atoms with van der Waals surface area (Å²) >= 11 is 1.75. The van der Waals surface area contributed by atoms with Crippen LogP contribution in [0.15, 0.2) is 17.5 Å². The summed E-state index contributed by atoms with van der Waals surface area (Å²) in [6, 6.07) is 4.33. The molecule has 2 amide bonds. The monoisotopic (exact) mass is 337 g/mol. The number of aliphatic hydroxyl groups is 1. The molecular weight excluding hydrogens is 310 g/mol. The Morgan fingerprint density at radius 1 is 1.30 bits per heavy atom. The van der Waals surface area contributed by atoms with Crippen LogP contribution in [0, 0.1) is 0 Å². The van der Waals surface area contributed by atoms with Gasteiger partial charge in [0, 0.05) is 11.4 Å². The topological polar surface area (TPSA) is 64.6 Å². The lowest BCUT2D eigenvalue weighted by Crippen LogP contribution is -2.53. The van der Waals surface area contributed by atoms with Crippen molar-refractivity contribution < 1.29 is 9.90 Å². The van der Waals surface area contributed by atoms with Gasteiger partial charge in [-0.1, -0.05) is 18.9 Å². The van der Waals surface area contributed by atoms with E-state index in [9.17, 15) is 9.90 Å². The molecule has 3 rings (SSSR count). The van der Waals surface area contributed by atoms with Crippen LogP contribution < -0.4 is 10.6 Å². The average molecular weight is 337 g/mol. The van der Waals surface area contributed by atoms with Gasteiger partial charge in [-0.25, -0.2) is 4.79 Å². The van der Waals surface area contributed by atoms with Crippen molar-refractivity contribution in [1.82, 2.24) is 15.5 Å². The van der Waals surface area contributed by atoms with Gasteiger partial charge in [-0.2, -0.15) is 0 Å². The minimum atomic E-state index is -0.407. The second-order valence-electron chi connectivity index (χ2n) is 6.75. The number of likely N-dealkylation sites (tertiary alicyclic amines) is 1. The molecule has 3 N–H and O–H groups in total. The van der Waals surface area contributed by atoms with Crippen LogP contribution in [0.4, 0.5) is 4.79 Å². The zero-order chi connectivity index (χ0) is 16.1. The Morgan fingerprint density at radius 2 is 2.04 bits per heavy atom. The van der Waals surface area contributed by atoms with Crippen LogP contribution in [-0.2, 0) is 0 Å². The molecule has 6 heteroatoms. The highest BCUT2D eigenvalue weighted by Gasteiger charge is 2.35. The van der Waals surface area contributed by atoms with Crippen LogP contribution >= 0.6 is 11.3 Å². The van der Waals surface area contributed by atoms with E-state index in [0.29, 0.717) is 6.54 Å². The number of carbonyl (C=O) groups excluding carboxylic acids is 1. The summed E-state index contributed by atoms with van der Waals surface area (Å²) in [5.74, 6) is 0. The third-order valence-electron chi connectivity index (χ3n) is 5.15. The van der Waals surface area contributed by atoms with E-state index in [1.165, 1.54) is 17.7 Å². The normalized spacial score (nSPS) is 22.1. The van der Waals surface area contributed by atoms with Gasteiger partial charge in [0.1, 0.15) is 0 Å². The molecule has 1 aromatic heterocycles. The number of urea groups is 1. The molecule has 1 saturated carbocycles. The van der Waals surface area contributed by atoms with Gasteiger partial charge in [0.25, 0.3) is 0 Å². The average Bonchev–Trinajstić information content (AvgIpc) is 3.31. The Bertz CT molecular complexity index is 494. The fourth-order valence-corrected chi connectivity index (χ4v) is 4.65. The predicted molar refractivity (Wildman–Crippen MR) is 92.7 cm³/mol. The Kier molecular flexibility index (Phi) is 5.56. The van der Waals surface area contributed by atoms with Crippen LogP contribution in [0.3, 0.4) is 0 Å². The molecule has 2 aliphatic rings.